The highest BCUT2D eigenvalue weighted by atomic mass is 32.2. The summed E-state index contributed by atoms with van der Waals surface area (Å²) >= 11 is -0.837. The molecule has 0 aliphatic heterocycles. The number of carbonyl (C=O) groups excluding carboxylic acids is 1. The number of carbonyl (C=O) groups is 1. The van der Waals surface area contributed by atoms with E-state index in [4.69, 9.17) is 4.74 Å². The molecule has 0 saturated heterocycles. The van der Waals surface area contributed by atoms with Gasteiger partial charge < -0.3 is 14.6 Å². The molecule has 1 amide bonds. The van der Waals surface area contributed by atoms with Crippen LogP contribution in [0, 0.1) is 6.54 Å². The molecule has 5 heteroatoms. The highest BCUT2D eigenvalue weighted by molar-refractivity contribution is 7.90. The van der Waals surface area contributed by atoms with Gasteiger partial charge in [-0.3, -0.25) is 0 Å². The molecule has 93 valence electrons. The summed E-state index contributed by atoms with van der Waals surface area (Å²) in [6, 6.07) is 9.45. The monoisotopic (exact) mass is 254 g/mol. The van der Waals surface area contributed by atoms with E-state index in [0.717, 1.165) is 5.56 Å². The SMILES string of the molecule is C[S+]([O-])CC[CH]NC(=O)OCc1ccccc1. The fourth-order valence-corrected chi connectivity index (χ4v) is 1.59. The number of hydrogen-bond acceptors (Lipinski definition) is 3. The lowest BCUT2D eigenvalue weighted by molar-refractivity contribution is 0.142. The van der Waals surface area contributed by atoms with E-state index >= 15 is 0 Å². The van der Waals surface area contributed by atoms with Crippen LogP contribution in [0.4, 0.5) is 4.79 Å². The minimum atomic E-state index is -0.837. The number of alkyl carbamates (subject to hydrolysis) is 1. The maximum absolute atomic E-state index is 11.2. The van der Waals surface area contributed by atoms with Gasteiger partial charge in [-0.25, -0.2) is 4.79 Å². The first-order chi connectivity index (χ1) is 8.18. The highest BCUT2D eigenvalue weighted by Gasteiger charge is 2.03. The van der Waals surface area contributed by atoms with Crippen LogP contribution in [0.5, 0.6) is 0 Å². The van der Waals surface area contributed by atoms with Crippen molar-refractivity contribution in [1.82, 2.24) is 5.32 Å². The number of benzene rings is 1. The first-order valence-electron chi connectivity index (χ1n) is 5.27. The molecule has 1 aromatic carbocycles. The third-order valence-corrected chi connectivity index (χ3v) is 2.79. The Labute approximate surface area is 105 Å². The first-order valence-corrected chi connectivity index (χ1v) is 7.00. The van der Waals surface area contributed by atoms with E-state index in [1.165, 1.54) is 0 Å². The lowest BCUT2D eigenvalue weighted by atomic mass is 10.2. The van der Waals surface area contributed by atoms with Gasteiger partial charge in [-0.15, -0.1) is 0 Å². The van der Waals surface area contributed by atoms with E-state index in [1.54, 1.807) is 12.8 Å². The molecule has 0 aliphatic rings. The van der Waals surface area contributed by atoms with Gasteiger partial charge in [0, 0.05) is 6.42 Å². The molecule has 0 saturated carbocycles. The zero-order valence-electron chi connectivity index (χ0n) is 9.72. The van der Waals surface area contributed by atoms with Crippen molar-refractivity contribution < 1.29 is 14.1 Å². The van der Waals surface area contributed by atoms with Crippen LogP contribution in [0.1, 0.15) is 12.0 Å². The number of amides is 1. The summed E-state index contributed by atoms with van der Waals surface area (Å²) in [5, 5.41) is 2.49. The molecular weight excluding hydrogens is 238 g/mol. The average molecular weight is 254 g/mol. The molecule has 1 radical (unpaired) electrons. The lowest BCUT2D eigenvalue weighted by Gasteiger charge is -2.07. The fourth-order valence-electron chi connectivity index (χ4n) is 1.15. The first kappa shape index (κ1) is 13.9. The zero-order valence-corrected chi connectivity index (χ0v) is 10.5. The Bertz CT molecular complexity index is 330. The molecule has 17 heavy (non-hydrogen) atoms. The summed E-state index contributed by atoms with van der Waals surface area (Å²) in [6.07, 6.45) is 1.71. The molecule has 1 aromatic rings. The Kier molecular flexibility index (Phi) is 6.50. The van der Waals surface area contributed by atoms with E-state index in [9.17, 15) is 9.35 Å². The van der Waals surface area contributed by atoms with Crippen LogP contribution in [0.15, 0.2) is 30.3 Å². The average Bonchev–Trinajstić information content (AvgIpc) is 2.33. The fraction of sp³-hybridized carbons (Fsp3) is 0.333. The van der Waals surface area contributed by atoms with Gasteiger partial charge in [0.15, 0.2) is 0 Å². The molecule has 1 rings (SSSR count). The number of nitrogens with one attached hydrogen (secondary N) is 1. The minimum absolute atomic E-state index is 0.250. The Morgan fingerprint density at radius 1 is 1.47 bits per heavy atom. The van der Waals surface area contributed by atoms with Crippen LogP contribution in [0.2, 0.25) is 0 Å². The largest absolute Gasteiger partial charge is 0.617 e. The molecule has 4 nitrogen and oxygen atoms in total. The van der Waals surface area contributed by atoms with E-state index < -0.39 is 17.3 Å². The number of ether oxygens (including phenoxy) is 1. The van der Waals surface area contributed by atoms with Crippen molar-refractivity contribution in [2.45, 2.75) is 13.0 Å². The predicted octanol–water partition coefficient (Wildman–Crippen LogP) is 1.84. The van der Waals surface area contributed by atoms with Gasteiger partial charge in [0.25, 0.3) is 0 Å². The quantitative estimate of drug-likeness (QED) is 0.622. The van der Waals surface area contributed by atoms with Crippen LogP contribution in [-0.2, 0) is 22.5 Å². The van der Waals surface area contributed by atoms with Crippen LogP contribution < -0.4 is 5.32 Å². The van der Waals surface area contributed by atoms with Crippen molar-refractivity contribution in [3.63, 3.8) is 0 Å². The summed E-state index contributed by atoms with van der Waals surface area (Å²) < 4.78 is 15.7. The van der Waals surface area contributed by atoms with Gasteiger partial charge in [-0.1, -0.05) is 41.5 Å². The zero-order chi connectivity index (χ0) is 12.5. The Hall–Kier alpha value is -1.20. The Morgan fingerprint density at radius 3 is 2.82 bits per heavy atom. The standard InChI is InChI=1S/C12H16NO3S/c1-17(15)9-5-8-13-12(14)16-10-11-6-3-2-4-7-11/h2-4,6-8H,5,9-10H2,1H3,(H,13,14). The predicted molar refractivity (Wildman–Crippen MR) is 67.6 cm³/mol. The van der Waals surface area contributed by atoms with E-state index in [2.05, 4.69) is 5.32 Å². The Morgan fingerprint density at radius 2 is 2.18 bits per heavy atom. The third-order valence-electron chi connectivity index (χ3n) is 1.98. The summed E-state index contributed by atoms with van der Waals surface area (Å²) in [7, 11) is 0. The van der Waals surface area contributed by atoms with Crippen molar-refractivity contribution in [2.24, 2.45) is 0 Å². The van der Waals surface area contributed by atoms with Crippen LogP contribution in [-0.4, -0.2) is 22.7 Å². The van der Waals surface area contributed by atoms with Gasteiger partial charge >= 0.3 is 6.09 Å². The van der Waals surface area contributed by atoms with Gasteiger partial charge in [0.2, 0.25) is 0 Å². The maximum atomic E-state index is 11.2. The number of hydrogen-bond donors (Lipinski definition) is 1. The molecule has 0 heterocycles. The molecule has 0 bridgehead atoms. The van der Waals surface area contributed by atoms with Crippen molar-refractivity contribution in [3.8, 4) is 0 Å². The highest BCUT2D eigenvalue weighted by Crippen LogP contribution is 2.00. The molecule has 0 fully saturated rings. The normalized spacial score (nSPS) is 11.9. The van der Waals surface area contributed by atoms with E-state index in [-0.39, 0.29) is 6.61 Å². The van der Waals surface area contributed by atoms with E-state index in [1.807, 2.05) is 30.3 Å². The second-order valence-corrected chi connectivity index (χ2v) is 5.03. The van der Waals surface area contributed by atoms with Gasteiger partial charge in [-0.05, 0) is 5.56 Å². The van der Waals surface area contributed by atoms with Crippen molar-refractivity contribution in [2.75, 3.05) is 12.0 Å². The van der Waals surface area contributed by atoms with Crippen molar-refractivity contribution in [3.05, 3.63) is 42.4 Å². The number of rotatable bonds is 6. The lowest BCUT2D eigenvalue weighted by Crippen LogP contribution is -2.22. The van der Waals surface area contributed by atoms with Crippen LogP contribution in [0.25, 0.3) is 0 Å². The second kappa shape index (κ2) is 7.97. The third kappa shape index (κ3) is 6.86. The van der Waals surface area contributed by atoms with E-state index in [0.29, 0.717) is 12.2 Å². The molecule has 1 unspecified atom stereocenters. The van der Waals surface area contributed by atoms with Gasteiger partial charge in [0.1, 0.15) is 12.4 Å². The molecule has 1 N–H and O–H groups in total. The molecule has 0 aliphatic carbocycles. The smallest absolute Gasteiger partial charge is 0.407 e. The maximum Gasteiger partial charge on any atom is 0.407 e. The second-order valence-electron chi connectivity index (χ2n) is 3.48. The topological polar surface area (TPSA) is 61.4 Å². The van der Waals surface area contributed by atoms with Crippen LogP contribution >= 0.6 is 0 Å². The molecular formula is C12H16NO3S. The van der Waals surface area contributed by atoms with Crippen molar-refractivity contribution in [1.29, 1.82) is 0 Å². The summed E-state index contributed by atoms with van der Waals surface area (Å²) in [6.45, 7) is 1.81. The Balaban J connectivity index is 2.09. The minimum Gasteiger partial charge on any atom is -0.617 e. The molecule has 0 spiro atoms. The van der Waals surface area contributed by atoms with Crippen LogP contribution in [0.3, 0.4) is 0 Å². The van der Waals surface area contributed by atoms with Gasteiger partial charge in [0.05, 0.1) is 12.8 Å². The van der Waals surface area contributed by atoms with Crippen molar-refractivity contribution >= 4 is 17.3 Å². The molecule has 1 atom stereocenters. The van der Waals surface area contributed by atoms with Gasteiger partial charge in [-0.2, -0.15) is 0 Å². The molecule has 0 aromatic heterocycles. The summed E-state index contributed by atoms with van der Waals surface area (Å²) in [5.41, 5.74) is 0.942. The summed E-state index contributed by atoms with van der Waals surface area (Å²) in [4.78, 5) is 11.2. The summed E-state index contributed by atoms with van der Waals surface area (Å²) in [5.74, 6) is 0.541.